The normalized spacial score (nSPS) is 10.3. The van der Waals surface area contributed by atoms with E-state index in [0.29, 0.717) is 25.4 Å². The SMILES string of the molecule is COc1ccc(OCCNC(=O)CCN(C(C)=O)c2ccc(C)cc2C)cc1. The summed E-state index contributed by atoms with van der Waals surface area (Å²) in [5.41, 5.74) is 3.00. The third-order valence-corrected chi connectivity index (χ3v) is 4.34. The summed E-state index contributed by atoms with van der Waals surface area (Å²) in [7, 11) is 1.61. The van der Waals surface area contributed by atoms with Crippen molar-refractivity contribution in [3.05, 3.63) is 53.6 Å². The molecule has 0 radical (unpaired) electrons. The predicted molar refractivity (Wildman–Crippen MR) is 110 cm³/mol. The minimum Gasteiger partial charge on any atom is -0.497 e. The average Bonchev–Trinajstić information content (AvgIpc) is 2.67. The van der Waals surface area contributed by atoms with Crippen molar-refractivity contribution in [2.24, 2.45) is 0 Å². The average molecular weight is 384 g/mol. The standard InChI is InChI=1S/C22H28N2O4/c1-16-5-10-21(17(2)15-16)24(18(3)25)13-11-22(26)23-12-14-28-20-8-6-19(27-4)7-9-20/h5-10,15H,11-14H2,1-4H3,(H,23,26). The fraction of sp³-hybridized carbons (Fsp3) is 0.364. The van der Waals surface area contributed by atoms with Gasteiger partial charge in [-0.05, 0) is 49.7 Å². The molecule has 6 heteroatoms. The summed E-state index contributed by atoms with van der Waals surface area (Å²) in [6.45, 7) is 6.59. The molecule has 0 spiro atoms. The van der Waals surface area contributed by atoms with E-state index >= 15 is 0 Å². The lowest BCUT2D eigenvalue weighted by molar-refractivity contribution is -0.121. The van der Waals surface area contributed by atoms with Gasteiger partial charge in [-0.1, -0.05) is 17.7 Å². The molecule has 28 heavy (non-hydrogen) atoms. The Balaban J connectivity index is 1.77. The number of carbonyl (C=O) groups excluding carboxylic acids is 2. The van der Waals surface area contributed by atoms with Crippen molar-refractivity contribution < 1.29 is 19.1 Å². The van der Waals surface area contributed by atoms with Crippen LogP contribution in [0.1, 0.15) is 24.5 Å². The van der Waals surface area contributed by atoms with Gasteiger partial charge in [-0.25, -0.2) is 0 Å². The van der Waals surface area contributed by atoms with Gasteiger partial charge in [0, 0.05) is 25.6 Å². The van der Waals surface area contributed by atoms with Gasteiger partial charge in [0.05, 0.1) is 13.7 Å². The number of amides is 2. The monoisotopic (exact) mass is 384 g/mol. The second kappa shape index (κ2) is 10.3. The molecule has 0 aliphatic carbocycles. The zero-order chi connectivity index (χ0) is 20.5. The van der Waals surface area contributed by atoms with Crippen molar-refractivity contribution in [2.75, 3.05) is 31.7 Å². The Labute approximate surface area is 166 Å². The van der Waals surface area contributed by atoms with Crippen molar-refractivity contribution in [1.29, 1.82) is 0 Å². The number of hydrogen-bond donors (Lipinski definition) is 1. The Bertz CT molecular complexity index is 803. The van der Waals surface area contributed by atoms with Crippen LogP contribution in [0.5, 0.6) is 11.5 Å². The molecule has 150 valence electrons. The number of nitrogens with one attached hydrogen (secondary N) is 1. The van der Waals surface area contributed by atoms with Gasteiger partial charge in [0.1, 0.15) is 18.1 Å². The van der Waals surface area contributed by atoms with Crippen molar-refractivity contribution in [2.45, 2.75) is 27.2 Å². The highest BCUT2D eigenvalue weighted by Crippen LogP contribution is 2.21. The van der Waals surface area contributed by atoms with Crippen LogP contribution in [0.4, 0.5) is 5.69 Å². The number of nitrogens with zero attached hydrogens (tertiary/aromatic N) is 1. The lowest BCUT2D eigenvalue weighted by Crippen LogP contribution is -2.35. The van der Waals surface area contributed by atoms with Gasteiger partial charge < -0.3 is 19.7 Å². The molecular formula is C22H28N2O4. The molecule has 2 rings (SSSR count). The van der Waals surface area contributed by atoms with Crippen LogP contribution in [-0.2, 0) is 9.59 Å². The molecular weight excluding hydrogens is 356 g/mol. The number of anilines is 1. The summed E-state index contributed by atoms with van der Waals surface area (Å²) in [5, 5.41) is 2.82. The first-order valence-electron chi connectivity index (χ1n) is 9.29. The Kier molecular flexibility index (Phi) is 7.87. The van der Waals surface area contributed by atoms with Gasteiger partial charge in [-0.3, -0.25) is 9.59 Å². The van der Waals surface area contributed by atoms with Gasteiger partial charge in [-0.2, -0.15) is 0 Å². The van der Waals surface area contributed by atoms with Gasteiger partial charge in [0.2, 0.25) is 11.8 Å². The molecule has 2 amide bonds. The van der Waals surface area contributed by atoms with Crippen LogP contribution in [-0.4, -0.2) is 38.6 Å². The second-order valence-corrected chi connectivity index (χ2v) is 6.58. The van der Waals surface area contributed by atoms with Crippen LogP contribution in [0.15, 0.2) is 42.5 Å². The molecule has 6 nitrogen and oxygen atoms in total. The molecule has 2 aromatic carbocycles. The first-order valence-corrected chi connectivity index (χ1v) is 9.29. The first kappa shape index (κ1) is 21.3. The molecule has 0 aliphatic rings. The van der Waals surface area contributed by atoms with Crippen LogP contribution in [0, 0.1) is 13.8 Å². The highest BCUT2D eigenvalue weighted by molar-refractivity contribution is 5.93. The van der Waals surface area contributed by atoms with Crippen molar-refractivity contribution >= 4 is 17.5 Å². The molecule has 0 unspecified atom stereocenters. The first-order chi connectivity index (χ1) is 13.4. The van der Waals surface area contributed by atoms with Crippen LogP contribution >= 0.6 is 0 Å². The third kappa shape index (κ3) is 6.30. The number of rotatable bonds is 9. The summed E-state index contributed by atoms with van der Waals surface area (Å²) >= 11 is 0. The van der Waals surface area contributed by atoms with Gasteiger partial charge in [0.25, 0.3) is 0 Å². The van der Waals surface area contributed by atoms with E-state index in [9.17, 15) is 9.59 Å². The molecule has 0 saturated heterocycles. The maximum absolute atomic E-state index is 12.1. The lowest BCUT2D eigenvalue weighted by atomic mass is 10.1. The molecule has 2 aromatic rings. The number of hydrogen-bond acceptors (Lipinski definition) is 4. The van der Waals surface area contributed by atoms with E-state index < -0.39 is 0 Å². The molecule has 0 atom stereocenters. The number of aryl methyl sites for hydroxylation is 2. The molecule has 0 saturated carbocycles. The number of ether oxygens (including phenoxy) is 2. The van der Waals surface area contributed by atoms with E-state index in [0.717, 1.165) is 22.6 Å². The fourth-order valence-electron chi connectivity index (χ4n) is 2.89. The second-order valence-electron chi connectivity index (χ2n) is 6.58. The van der Waals surface area contributed by atoms with E-state index in [1.807, 2.05) is 56.3 Å². The van der Waals surface area contributed by atoms with E-state index in [1.54, 1.807) is 12.0 Å². The number of methoxy groups -OCH3 is 1. The highest BCUT2D eigenvalue weighted by atomic mass is 16.5. The molecule has 0 heterocycles. The Morgan fingerprint density at radius 1 is 1.04 bits per heavy atom. The Morgan fingerprint density at radius 3 is 2.32 bits per heavy atom. The summed E-state index contributed by atoms with van der Waals surface area (Å²) in [6.07, 6.45) is 0.232. The molecule has 0 bridgehead atoms. The van der Waals surface area contributed by atoms with Crippen LogP contribution in [0.3, 0.4) is 0 Å². The van der Waals surface area contributed by atoms with Crippen LogP contribution in [0.2, 0.25) is 0 Å². The Hall–Kier alpha value is -3.02. The quantitative estimate of drug-likeness (QED) is 0.674. The van der Waals surface area contributed by atoms with E-state index in [1.165, 1.54) is 6.92 Å². The van der Waals surface area contributed by atoms with Crippen LogP contribution < -0.4 is 19.7 Å². The molecule has 1 N–H and O–H groups in total. The minimum atomic E-state index is -0.116. The van der Waals surface area contributed by atoms with E-state index in [-0.39, 0.29) is 18.2 Å². The number of benzene rings is 2. The summed E-state index contributed by atoms with van der Waals surface area (Å²) in [5.74, 6) is 1.28. The zero-order valence-electron chi connectivity index (χ0n) is 17.0. The predicted octanol–water partition coefficient (Wildman–Crippen LogP) is 3.25. The van der Waals surface area contributed by atoms with Gasteiger partial charge in [-0.15, -0.1) is 0 Å². The largest absolute Gasteiger partial charge is 0.497 e. The maximum Gasteiger partial charge on any atom is 0.223 e. The molecule has 0 aromatic heterocycles. The van der Waals surface area contributed by atoms with E-state index in [4.69, 9.17) is 9.47 Å². The van der Waals surface area contributed by atoms with Gasteiger partial charge in [0.15, 0.2) is 0 Å². The summed E-state index contributed by atoms with van der Waals surface area (Å²) in [4.78, 5) is 25.8. The third-order valence-electron chi connectivity index (χ3n) is 4.34. The summed E-state index contributed by atoms with van der Waals surface area (Å²) in [6, 6.07) is 13.2. The topological polar surface area (TPSA) is 67.9 Å². The van der Waals surface area contributed by atoms with Crippen molar-refractivity contribution in [3.8, 4) is 11.5 Å². The zero-order valence-corrected chi connectivity index (χ0v) is 17.0. The lowest BCUT2D eigenvalue weighted by Gasteiger charge is -2.23. The van der Waals surface area contributed by atoms with Gasteiger partial charge >= 0.3 is 0 Å². The van der Waals surface area contributed by atoms with E-state index in [2.05, 4.69) is 5.32 Å². The molecule has 0 aliphatic heterocycles. The number of carbonyl (C=O) groups is 2. The molecule has 0 fully saturated rings. The van der Waals surface area contributed by atoms with Crippen molar-refractivity contribution in [1.82, 2.24) is 5.32 Å². The van der Waals surface area contributed by atoms with Crippen LogP contribution in [0.25, 0.3) is 0 Å². The minimum absolute atomic E-state index is 0.0809. The fourth-order valence-corrected chi connectivity index (χ4v) is 2.89. The Morgan fingerprint density at radius 2 is 1.71 bits per heavy atom. The smallest absolute Gasteiger partial charge is 0.223 e. The van der Waals surface area contributed by atoms with Crippen molar-refractivity contribution in [3.63, 3.8) is 0 Å². The highest BCUT2D eigenvalue weighted by Gasteiger charge is 2.15. The summed E-state index contributed by atoms with van der Waals surface area (Å²) < 4.78 is 10.7. The maximum atomic E-state index is 12.1.